The van der Waals surface area contributed by atoms with E-state index in [1.54, 1.807) is 0 Å². The van der Waals surface area contributed by atoms with E-state index in [4.69, 9.17) is 9.97 Å². The van der Waals surface area contributed by atoms with Gasteiger partial charge in [-0.05, 0) is 78.3 Å². The van der Waals surface area contributed by atoms with E-state index in [0.29, 0.717) is 0 Å². The molecular weight excluding hydrogens is 758 g/mol. The van der Waals surface area contributed by atoms with Crippen LogP contribution >= 0.6 is 0 Å². The first kappa shape index (κ1) is 31.1. The molecule has 0 atom stereocenters. The topological polar surface area (TPSA) is 36.7 Å². The first-order chi connectivity index (χ1) is 22.2. The van der Waals surface area contributed by atoms with Gasteiger partial charge in [-0.15, -0.1) is 17.3 Å². The van der Waals surface area contributed by atoms with Crippen molar-refractivity contribution in [1.82, 2.24) is 19.3 Å². The molecular formula is C41H36N5Pt-3. The molecule has 0 radical (unpaired) electrons. The number of hydrogen-bond donors (Lipinski definition) is 0. The maximum atomic E-state index is 5.07. The van der Waals surface area contributed by atoms with E-state index < -0.39 is 5.41 Å². The number of imidazole rings is 1. The van der Waals surface area contributed by atoms with Gasteiger partial charge < -0.3 is 19.2 Å². The normalized spacial score (nSPS) is 14.8. The second-order valence-corrected chi connectivity index (χ2v) is 13.5. The Balaban J connectivity index is 0.00000351. The van der Waals surface area contributed by atoms with Gasteiger partial charge in [0, 0.05) is 44.1 Å². The number of aromatic nitrogens is 3. The molecule has 1 aliphatic carbocycles. The molecule has 8 rings (SSSR count). The molecule has 47 heavy (non-hydrogen) atoms. The van der Waals surface area contributed by atoms with Crippen LogP contribution in [0.1, 0.15) is 60.0 Å². The van der Waals surface area contributed by atoms with Crippen molar-refractivity contribution in [3.8, 4) is 22.4 Å². The Hall–Kier alpha value is -4.47. The first-order valence-corrected chi connectivity index (χ1v) is 15.8. The maximum absolute atomic E-state index is 5.07. The molecule has 0 bridgehead atoms. The minimum absolute atomic E-state index is 0. The zero-order valence-electron chi connectivity index (χ0n) is 27.4. The molecule has 0 amide bonds. The molecule has 3 aromatic heterocycles. The molecule has 0 N–H and O–H groups in total. The van der Waals surface area contributed by atoms with Crippen LogP contribution in [0.3, 0.4) is 0 Å². The zero-order chi connectivity index (χ0) is 31.8. The van der Waals surface area contributed by atoms with Crippen LogP contribution in [-0.4, -0.2) is 26.3 Å². The van der Waals surface area contributed by atoms with Gasteiger partial charge in [-0.1, -0.05) is 92.7 Å². The third kappa shape index (κ3) is 4.78. The SMILES string of the molecule is Cc1nc2c(-c3cc(C(C)(C)C)ccn3)[c-]c(C3(c4[c-]c(N5C=CN(C)[CH-]5)ccc4)c4ccccc4-c4ccccc43)cn2c1C.[Pt]. The maximum Gasteiger partial charge on any atom is 0.0540 e. The molecule has 0 fully saturated rings. The van der Waals surface area contributed by atoms with Crippen molar-refractivity contribution in [3.05, 3.63) is 162 Å². The Morgan fingerprint density at radius 3 is 2.17 bits per heavy atom. The van der Waals surface area contributed by atoms with Crippen LogP contribution in [0.2, 0.25) is 0 Å². The fourth-order valence-corrected chi connectivity index (χ4v) is 7.10. The summed E-state index contributed by atoms with van der Waals surface area (Å²) in [7, 11) is 2.04. The molecule has 6 aromatic rings. The van der Waals surface area contributed by atoms with Crippen molar-refractivity contribution in [2.24, 2.45) is 0 Å². The third-order valence-electron chi connectivity index (χ3n) is 9.60. The van der Waals surface area contributed by atoms with Crippen LogP contribution in [0.25, 0.3) is 28.0 Å². The van der Waals surface area contributed by atoms with E-state index in [1.165, 1.54) is 27.8 Å². The van der Waals surface area contributed by atoms with Gasteiger partial charge in [-0.3, -0.25) is 4.98 Å². The van der Waals surface area contributed by atoms with Crippen molar-refractivity contribution in [2.45, 2.75) is 45.4 Å². The summed E-state index contributed by atoms with van der Waals surface area (Å²) in [4.78, 5) is 14.2. The summed E-state index contributed by atoms with van der Waals surface area (Å²) >= 11 is 0. The summed E-state index contributed by atoms with van der Waals surface area (Å²) in [6.07, 6.45) is 8.28. The molecule has 0 saturated carbocycles. The molecule has 0 saturated heterocycles. The number of rotatable bonds is 4. The van der Waals surface area contributed by atoms with E-state index in [1.807, 2.05) is 24.3 Å². The number of benzene rings is 3. The summed E-state index contributed by atoms with van der Waals surface area (Å²) in [5, 5.41) is 0. The van der Waals surface area contributed by atoms with Crippen LogP contribution in [0, 0.1) is 32.6 Å². The summed E-state index contributed by atoms with van der Waals surface area (Å²) in [5.41, 5.74) is 13.2. The third-order valence-corrected chi connectivity index (χ3v) is 9.60. The predicted octanol–water partition coefficient (Wildman–Crippen LogP) is 8.61. The quantitative estimate of drug-likeness (QED) is 0.168. The Bertz CT molecular complexity index is 2140. The fraction of sp³-hybridized carbons (Fsp3) is 0.195. The zero-order valence-corrected chi connectivity index (χ0v) is 29.7. The summed E-state index contributed by atoms with van der Waals surface area (Å²) in [6.45, 7) is 13.0. The van der Waals surface area contributed by atoms with Gasteiger partial charge in [-0.2, -0.15) is 30.9 Å². The van der Waals surface area contributed by atoms with Crippen molar-refractivity contribution in [3.63, 3.8) is 0 Å². The molecule has 238 valence electrons. The van der Waals surface area contributed by atoms with Crippen LogP contribution in [0.5, 0.6) is 0 Å². The number of nitrogens with zero attached hydrogens (tertiary/aromatic N) is 5. The Kier molecular flexibility index (Phi) is 7.52. The predicted molar refractivity (Wildman–Crippen MR) is 185 cm³/mol. The van der Waals surface area contributed by atoms with Crippen LogP contribution in [0.4, 0.5) is 5.69 Å². The smallest absolute Gasteiger partial charge is 0.0540 e. The van der Waals surface area contributed by atoms with Crippen molar-refractivity contribution in [1.29, 1.82) is 0 Å². The van der Waals surface area contributed by atoms with E-state index >= 15 is 0 Å². The van der Waals surface area contributed by atoms with Crippen LogP contribution in [0.15, 0.2) is 104 Å². The van der Waals surface area contributed by atoms with Crippen LogP contribution in [-0.2, 0) is 31.9 Å². The van der Waals surface area contributed by atoms with Gasteiger partial charge in [0.25, 0.3) is 0 Å². The standard InChI is InChI=1S/C41H36N5.Pt/c1-27-28(2)46-25-31(23-35(39(46)43-27)38-24-29(18-19-42-38)40(3,4)5)41(30-12-11-13-32(22-30)45-21-20-44(6)26-45)36-16-9-7-14-33(36)34-15-8-10-17-37(34)41;/h7-21,24-26H,1-6H3;/q-3;. The average molecular weight is 794 g/mol. The van der Waals surface area contributed by atoms with Gasteiger partial charge in [0.2, 0.25) is 0 Å². The number of fused-ring (bicyclic) bond motifs is 4. The molecule has 4 heterocycles. The number of hydrogen-bond acceptors (Lipinski definition) is 4. The van der Waals surface area contributed by atoms with Crippen molar-refractivity contribution >= 4 is 11.3 Å². The summed E-state index contributed by atoms with van der Waals surface area (Å²) in [5.74, 6) is 0. The van der Waals surface area contributed by atoms with E-state index in [9.17, 15) is 0 Å². The molecule has 0 unspecified atom stereocenters. The first-order valence-electron chi connectivity index (χ1n) is 15.8. The van der Waals surface area contributed by atoms with Crippen molar-refractivity contribution < 1.29 is 21.1 Å². The fourth-order valence-electron chi connectivity index (χ4n) is 7.10. The molecule has 3 aromatic carbocycles. The minimum atomic E-state index is -0.687. The summed E-state index contributed by atoms with van der Waals surface area (Å²) in [6, 6.07) is 36.2. The second kappa shape index (κ2) is 11.3. The Morgan fingerprint density at radius 1 is 0.809 bits per heavy atom. The largest absolute Gasteiger partial charge is 0.510 e. The van der Waals surface area contributed by atoms with Gasteiger partial charge in [-0.25, -0.2) is 0 Å². The van der Waals surface area contributed by atoms with E-state index in [-0.39, 0.29) is 26.5 Å². The van der Waals surface area contributed by atoms with Crippen molar-refractivity contribution in [2.75, 3.05) is 11.9 Å². The molecule has 2 aliphatic rings. The minimum Gasteiger partial charge on any atom is -0.510 e. The number of pyridine rings is 2. The molecule has 6 heteroatoms. The number of anilines is 1. The second-order valence-electron chi connectivity index (χ2n) is 13.5. The molecule has 1 aliphatic heterocycles. The molecule has 0 spiro atoms. The molecule has 5 nitrogen and oxygen atoms in total. The van der Waals surface area contributed by atoms with Gasteiger partial charge in [0.05, 0.1) is 5.65 Å². The number of aryl methyl sites for hydroxylation is 2. The Labute approximate surface area is 291 Å². The van der Waals surface area contributed by atoms with E-state index in [0.717, 1.165) is 45.1 Å². The van der Waals surface area contributed by atoms with Gasteiger partial charge in [0.1, 0.15) is 0 Å². The van der Waals surface area contributed by atoms with E-state index in [2.05, 4.69) is 154 Å². The average Bonchev–Trinajstić information content (AvgIpc) is 3.72. The van der Waals surface area contributed by atoms with Gasteiger partial charge in [0.15, 0.2) is 0 Å². The van der Waals surface area contributed by atoms with Gasteiger partial charge >= 0.3 is 0 Å². The monoisotopic (exact) mass is 793 g/mol. The Morgan fingerprint density at radius 2 is 1.51 bits per heavy atom. The summed E-state index contributed by atoms with van der Waals surface area (Å²) < 4.78 is 2.24. The van der Waals surface area contributed by atoms with Crippen LogP contribution < -0.4 is 4.90 Å².